The number of fused-ring (bicyclic) bond motifs is 1. The first-order valence-electron chi connectivity index (χ1n) is 9.85. The standard InChI is InChI=1S/C22H26N4O2/c27-22(9-8-17-15-24-19-6-2-1-5-18(17)19)25-16-21(20-7-3-4-10-23-20)26-11-13-28-14-12-26/h1-7,10,15,21,24H,8-9,11-14,16H2,(H,25,27). The molecule has 0 aliphatic carbocycles. The van der Waals surface area contributed by atoms with Crippen molar-refractivity contribution < 1.29 is 9.53 Å². The second kappa shape index (κ2) is 8.99. The molecule has 1 amide bonds. The van der Waals surface area contributed by atoms with Gasteiger partial charge in [-0.05, 0) is 30.2 Å². The monoisotopic (exact) mass is 378 g/mol. The number of aromatic amines is 1. The average molecular weight is 378 g/mol. The van der Waals surface area contributed by atoms with Gasteiger partial charge in [0, 0.05) is 49.4 Å². The molecule has 1 unspecified atom stereocenters. The van der Waals surface area contributed by atoms with Crippen LogP contribution in [-0.4, -0.2) is 53.6 Å². The third-order valence-electron chi connectivity index (χ3n) is 5.30. The number of aromatic nitrogens is 2. The molecule has 2 aromatic heterocycles. The first-order valence-corrected chi connectivity index (χ1v) is 9.85. The highest BCUT2D eigenvalue weighted by Crippen LogP contribution is 2.20. The van der Waals surface area contributed by atoms with Gasteiger partial charge in [-0.2, -0.15) is 0 Å². The highest BCUT2D eigenvalue weighted by atomic mass is 16.5. The molecule has 146 valence electrons. The Hall–Kier alpha value is -2.70. The minimum Gasteiger partial charge on any atom is -0.379 e. The number of nitrogens with one attached hydrogen (secondary N) is 2. The molecule has 0 bridgehead atoms. The van der Waals surface area contributed by atoms with Crippen molar-refractivity contribution in [1.29, 1.82) is 0 Å². The summed E-state index contributed by atoms with van der Waals surface area (Å²) in [6.45, 7) is 3.71. The lowest BCUT2D eigenvalue weighted by Crippen LogP contribution is -2.44. The quantitative estimate of drug-likeness (QED) is 0.663. The molecule has 0 saturated carbocycles. The number of hydrogen-bond donors (Lipinski definition) is 2. The summed E-state index contributed by atoms with van der Waals surface area (Å²) in [6.07, 6.45) is 5.01. The van der Waals surface area contributed by atoms with Crippen LogP contribution in [0.5, 0.6) is 0 Å². The summed E-state index contributed by atoms with van der Waals surface area (Å²) < 4.78 is 5.47. The van der Waals surface area contributed by atoms with E-state index in [1.807, 2.05) is 42.7 Å². The van der Waals surface area contributed by atoms with E-state index in [4.69, 9.17) is 4.74 Å². The number of morpholine rings is 1. The predicted molar refractivity (Wildman–Crippen MR) is 109 cm³/mol. The third-order valence-corrected chi connectivity index (χ3v) is 5.30. The van der Waals surface area contributed by atoms with E-state index in [1.165, 1.54) is 10.9 Å². The molecule has 3 aromatic rings. The van der Waals surface area contributed by atoms with Gasteiger partial charge in [-0.15, -0.1) is 0 Å². The number of pyridine rings is 1. The second-order valence-electron chi connectivity index (χ2n) is 7.08. The Kier molecular flexibility index (Phi) is 5.99. The summed E-state index contributed by atoms with van der Waals surface area (Å²) in [6, 6.07) is 14.2. The number of carbonyl (C=O) groups is 1. The molecule has 4 rings (SSSR count). The van der Waals surface area contributed by atoms with E-state index in [0.717, 1.165) is 43.9 Å². The number of carbonyl (C=O) groups excluding carboxylic acids is 1. The minimum absolute atomic E-state index is 0.0690. The summed E-state index contributed by atoms with van der Waals surface area (Å²) >= 11 is 0. The fourth-order valence-corrected chi connectivity index (χ4v) is 3.77. The largest absolute Gasteiger partial charge is 0.379 e. The summed E-state index contributed by atoms with van der Waals surface area (Å²) in [5, 5.41) is 4.31. The van der Waals surface area contributed by atoms with Crippen LogP contribution in [-0.2, 0) is 16.0 Å². The van der Waals surface area contributed by atoms with E-state index in [2.05, 4.69) is 32.3 Å². The molecule has 1 saturated heterocycles. The van der Waals surface area contributed by atoms with E-state index in [1.54, 1.807) is 0 Å². The van der Waals surface area contributed by atoms with E-state index < -0.39 is 0 Å². The molecule has 0 radical (unpaired) electrons. The van der Waals surface area contributed by atoms with Crippen molar-refractivity contribution in [2.45, 2.75) is 18.9 Å². The van der Waals surface area contributed by atoms with E-state index in [-0.39, 0.29) is 11.9 Å². The topological polar surface area (TPSA) is 70.2 Å². The molecule has 1 aromatic carbocycles. The lowest BCUT2D eigenvalue weighted by Gasteiger charge is -2.34. The molecule has 1 aliphatic rings. The van der Waals surface area contributed by atoms with Crippen LogP contribution < -0.4 is 5.32 Å². The molecular formula is C22H26N4O2. The maximum atomic E-state index is 12.5. The second-order valence-corrected chi connectivity index (χ2v) is 7.08. The van der Waals surface area contributed by atoms with E-state index in [9.17, 15) is 4.79 Å². The van der Waals surface area contributed by atoms with Gasteiger partial charge in [-0.1, -0.05) is 24.3 Å². The number of ether oxygens (including phenoxy) is 1. The van der Waals surface area contributed by atoms with Crippen LogP contribution in [0.3, 0.4) is 0 Å². The number of rotatable bonds is 7. The Morgan fingerprint density at radius 3 is 2.82 bits per heavy atom. The van der Waals surface area contributed by atoms with Crippen LogP contribution in [0.4, 0.5) is 0 Å². The van der Waals surface area contributed by atoms with Gasteiger partial charge >= 0.3 is 0 Å². The van der Waals surface area contributed by atoms with Crippen molar-refractivity contribution in [3.8, 4) is 0 Å². The summed E-state index contributed by atoms with van der Waals surface area (Å²) in [5.74, 6) is 0.0690. The van der Waals surface area contributed by atoms with Gasteiger partial charge in [-0.25, -0.2) is 0 Å². The predicted octanol–water partition coefficient (Wildman–Crippen LogP) is 2.69. The third kappa shape index (κ3) is 4.40. The molecule has 0 spiro atoms. The van der Waals surface area contributed by atoms with Crippen LogP contribution in [0.1, 0.15) is 23.7 Å². The van der Waals surface area contributed by atoms with Gasteiger partial charge in [0.1, 0.15) is 0 Å². The van der Waals surface area contributed by atoms with Crippen LogP contribution in [0.2, 0.25) is 0 Å². The Labute approximate surface area is 164 Å². The van der Waals surface area contributed by atoms with Crippen molar-refractivity contribution in [2.24, 2.45) is 0 Å². The molecule has 1 aliphatic heterocycles. The summed E-state index contributed by atoms with van der Waals surface area (Å²) in [7, 11) is 0. The van der Waals surface area contributed by atoms with Crippen molar-refractivity contribution in [3.05, 3.63) is 66.1 Å². The first kappa shape index (κ1) is 18.7. The molecule has 28 heavy (non-hydrogen) atoms. The molecule has 6 nitrogen and oxygen atoms in total. The number of amides is 1. The van der Waals surface area contributed by atoms with Gasteiger partial charge < -0.3 is 15.0 Å². The Balaban J connectivity index is 1.36. The highest BCUT2D eigenvalue weighted by Gasteiger charge is 2.24. The maximum absolute atomic E-state index is 12.5. The average Bonchev–Trinajstić information content (AvgIpc) is 3.17. The number of hydrogen-bond acceptors (Lipinski definition) is 4. The van der Waals surface area contributed by atoms with Crippen molar-refractivity contribution in [2.75, 3.05) is 32.8 Å². The van der Waals surface area contributed by atoms with Gasteiger partial charge in [0.25, 0.3) is 0 Å². The number of nitrogens with zero attached hydrogens (tertiary/aromatic N) is 2. The van der Waals surface area contributed by atoms with Gasteiger partial charge in [0.15, 0.2) is 0 Å². The zero-order valence-corrected chi connectivity index (χ0v) is 15.9. The molecular weight excluding hydrogens is 352 g/mol. The lowest BCUT2D eigenvalue weighted by atomic mass is 10.1. The fraction of sp³-hybridized carbons (Fsp3) is 0.364. The molecule has 1 fully saturated rings. The number of aryl methyl sites for hydroxylation is 1. The highest BCUT2D eigenvalue weighted by molar-refractivity contribution is 5.84. The first-order chi connectivity index (χ1) is 13.8. The van der Waals surface area contributed by atoms with Crippen LogP contribution in [0.15, 0.2) is 54.9 Å². The molecule has 6 heteroatoms. The number of para-hydroxylation sites is 1. The molecule has 2 N–H and O–H groups in total. The zero-order chi connectivity index (χ0) is 19.2. The smallest absolute Gasteiger partial charge is 0.220 e. The minimum atomic E-state index is 0.0690. The Morgan fingerprint density at radius 1 is 1.18 bits per heavy atom. The van der Waals surface area contributed by atoms with E-state index in [0.29, 0.717) is 13.0 Å². The van der Waals surface area contributed by atoms with Crippen LogP contribution >= 0.6 is 0 Å². The van der Waals surface area contributed by atoms with Crippen LogP contribution in [0, 0.1) is 0 Å². The van der Waals surface area contributed by atoms with Crippen LogP contribution in [0.25, 0.3) is 10.9 Å². The zero-order valence-electron chi connectivity index (χ0n) is 15.9. The molecule has 3 heterocycles. The fourth-order valence-electron chi connectivity index (χ4n) is 3.77. The molecule has 1 atom stereocenters. The van der Waals surface area contributed by atoms with Gasteiger partial charge in [0.05, 0.1) is 24.9 Å². The number of benzene rings is 1. The van der Waals surface area contributed by atoms with Gasteiger partial charge in [0.2, 0.25) is 5.91 Å². The van der Waals surface area contributed by atoms with Gasteiger partial charge in [-0.3, -0.25) is 14.7 Å². The van der Waals surface area contributed by atoms with Crippen molar-refractivity contribution in [1.82, 2.24) is 20.2 Å². The summed E-state index contributed by atoms with van der Waals surface area (Å²) in [5.41, 5.74) is 3.28. The Bertz CT molecular complexity index is 903. The van der Waals surface area contributed by atoms with Crippen molar-refractivity contribution >= 4 is 16.8 Å². The maximum Gasteiger partial charge on any atom is 0.220 e. The van der Waals surface area contributed by atoms with E-state index >= 15 is 0 Å². The lowest BCUT2D eigenvalue weighted by molar-refractivity contribution is -0.121. The Morgan fingerprint density at radius 2 is 2.00 bits per heavy atom. The van der Waals surface area contributed by atoms with Crippen molar-refractivity contribution in [3.63, 3.8) is 0 Å². The normalized spacial score (nSPS) is 16.1. The summed E-state index contributed by atoms with van der Waals surface area (Å²) in [4.78, 5) is 22.6. The SMILES string of the molecule is O=C(CCc1c[nH]c2ccccc12)NCC(c1ccccn1)N1CCOCC1. The number of H-pyrrole nitrogens is 1.